The Labute approximate surface area is 209 Å². The predicted octanol–water partition coefficient (Wildman–Crippen LogP) is 6.98. The zero-order valence-electron chi connectivity index (χ0n) is 20.0. The molecule has 0 bridgehead atoms. The van der Waals surface area contributed by atoms with Crippen LogP contribution in [0.25, 0.3) is 10.2 Å². The molecule has 0 aliphatic heterocycles. The number of amides is 1. The van der Waals surface area contributed by atoms with E-state index in [1.165, 1.54) is 23.1 Å². The van der Waals surface area contributed by atoms with Gasteiger partial charge in [0.15, 0.2) is 0 Å². The molecule has 2 heterocycles. The minimum atomic E-state index is -0.283. The fraction of sp³-hybridized carbons (Fsp3) is 0.222. The predicted molar refractivity (Wildman–Crippen MR) is 145 cm³/mol. The second-order valence-electron chi connectivity index (χ2n) is 7.97. The van der Waals surface area contributed by atoms with Gasteiger partial charge in [-0.15, -0.1) is 11.3 Å². The molecule has 0 spiro atoms. The topological polar surface area (TPSA) is 79.4 Å². The van der Waals surface area contributed by atoms with E-state index < -0.39 is 0 Å². The molecule has 7 nitrogen and oxygen atoms in total. The molecule has 2 N–H and O–H groups in total. The van der Waals surface area contributed by atoms with Crippen molar-refractivity contribution in [1.29, 1.82) is 0 Å². The van der Waals surface area contributed by atoms with Crippen LogP contribution in [0.15, 0.2) is 72.6 Å². The molecule has 180 valence electrons. The molecule has 0 atom stereocenters. The van der Waals surface area contributed by atoms with E-state index >= 15 is 0 Å². The first kappa shape index (κ1) is 24.2. The van der Waals surface area contributed by atoms with Crippen LogP contribution in [0.1, 0.15) is 26.7 Å². The van der Waals surface area contributed by atoms with E-state index in [-0.39, 0.29) is 5.91 Å². The number of fused-ring (bicyclic) bond motifs is 1. The number of hydrogen-bond donors (Lipinski definition) is 2. The molecule has 0 radical (unpaired) electrons. The standard InChI is InChI=1S/C27H29N5O2S/c1-4-15-32(16-5-2)21-12-10-19(11-13-21)29-27-30-23-14-17-35-25(23)26(31-27)34-22-9-7-8-20(18-22)28-24(33)6-3/h6-14,17-18H,3-5,15-16H2,1-2H3,(H,28,33)(H,29,30,31). The number of anilines is 4. The first-order chi connectivity index (χ1) is 17.1. The SMILES string of the molecule is C=CC(=O)Nc1cccc(Oc2nc(Nc3ccc(N(CCC)CCC)cc3)nc3ccsc23)c1. The summed E-state index contributed by atoms with van der Waals surface area (Å²) in [6.45, 7) is 9.96. The van der Waals surface area contributed by atoms with Crippen molar-refractivity contribution in [2.45, 2.75) is 26.7 Å². The van der Waals surface area contributed by atoms with E-state index in [0.29, 0.717) is 23.3 Å². The van der Waals surface area contributed by atoms with Gasteiger partial charge in [0.25, 0.3) is 0 Å². The fourth-order valence-electron chi connectivity index (χ4n) is 3.70. The first-order valence-electron chi connectivity index (χ1n) is 11.7. The highest BCUT2D eigenvalue weighted by atomic mass is 32.1. The summed E-state index contributed by atoms with van der Waals surface area (Å²) in [5.74, 6) is 1.18. The molecule has 0 unspecified atom stereocenters. The molecule has 4 aromatic rings. The Hall–Kier alpha value is -3.91. The molecule has 2 aromatic carbocycles. The summed E-state index contributed by atoms with van der Waals surface area (Å²) < 4.78 is 6.97. The van der Waals surface area contributed by atoms with Crippen molar-refractivity contribution in [2.75, 3.05) is 28.6 Å². The minimum Gasteiger partial charge on any atom is -0.437 e. The van der Waals surface area contributed by atoms with Gasteiger partial charge in [-0.1, -0.05) is 26.5 Å². The number of hydrogen-bond acceptors (Lipinski definition) is 7. The lowest BCUT2D eigenvalue weighted by molar-refractivity contribution is -0.111. The van der Waals surface area contributed by atoms with Crippen molar-refractivity contribution < 1.29 is 9.53 Å². The van der Waals surface area contributed by atoms with Gasteiger partial charge in [-0.05, 0) is 66.8 Å². The van der Waals surface area contributed by atoms with Crippen LogP contribution in [-0.2, 0) is 4.79 Å². The van der Waals surface area contributed by atoms with E-state index in [0.717, 1.165) is 41.8 Å². The molecule has 35 heavy (non-hydrogen) atoms. The lowest BCUT2D eigenvalue weighted by Gasteiger charge is -2.24. The molecule has 0 aliphatic carbocycles. The summed E-state index contributed by atoms with van der Waals surface area (Å²) in [6, 6.07) is 17.4. The van der Waals surface area contributed by atoms with E-state index in [1.54, 1.807) is 12.1 Å². The molecule has 0 saturated carbocycles. The highest BCUT2D eigenvalue weighted by Gasteiger charge is 2.13. The summed E-state index contributed by atoms with van der Waals surface area (Å²) in [7, 11) is 0. The lowest BCUT2D eigenvalue weighted by Crippen LogP contribution is -2.24. The summed E-state index contributed by atoms with van der Waals surface area (Å²) in [5.41, 5.74) is 3.52. The van der Waals surface area contributed by atoms with Crippen molar-refractivity contribution in [3.05, 3.63) is 72.6 Å². The van der Waals surface area contributed by atoms with Crippen LogP contribution in [0.2, 0.25) is 0 Å². The van der Waals surface area contributed by atoms with Crippen LogP contribution < -0.4 is 20.3 Å². The smallest absolute Gasteiger partial charge is 0.247 e. The van der Waals surface area contributed by atoms with Gasteiger partial charge in [0.05, 0.1) is 5.52 Å². The largest absolute Gasteiger partial charge is 0.437 e. The molecular formula is C27H29N5O2S. The van der Waals surface area contributed by atoms with Gasteiger partial charge in [0.2, 0.25) is 17.7 Å². The molecule has 1 amide bonds. The lowest BCUT2D eigenvalue weighted by atomic mass is 10.2. The van der Waals surface area contributed by atoms with Crippen molar-refractivity contribution in [3.8, 4) is 11.6 Å². The number of thiophene rings is 1. The van der Waals surface area contributed by atoms with Gasteiger partial charge in [0.1, 0.15) is 10.4 Å². The molecule has 4 rings (SSSR count). The number of nitrogens with one attached hydrogen (secondary N) is 2. The Morgan fingerprint density at radius 2 is 1.83 bits per heavy atom. The fourth-order valence-corrected chi connectivity index (χ4v) is 4.45. The van der Waals surface area contributed by atoms with E-state index in [2.05, 4.69) is 58.1 Å². The van der Waals surface area contributed by atoms with Crippen LogP contribution in [-0.4, -0.2) is 29.0 Å². The van der Waals surface area contributed by atoms with Gasteiger partial charge >= 0.3 is 0 Å². The molecular weight excluding hydrogens is 458 g/mol. The Morgan fingerprint density at radius 3 is 2.54 bits per heavy atom. The molecule has 0 saturated heterocycles. The maximum Gasteiger partial charge on any atom is 0.247 e. The molecule has 2 aromatic heterocycles. The Kier molecular flexibility index (Phi) is 7.95. The summed E-state index contributed by atoms with van der Waals surface area (Å²) in [6.07, 6.45) is 3.45. The van der Waals surface area contributed by atoms with Crippen LogP contribution >= 0.6 is 11.3 Å². The van der Waals surface area contributed by atoms with Crippen molar-refractivity contribution in [2.24, 2.45) is 0 Å². The van der Waals surface area contributed by atoms with E-state index in [9.17, 15) is 4.79 Å². The van der Waals surface area contributed by atoms with Gasteiger partial charge in [-0.3, -0.25) is 4.79 Å². The van der Waals surface area contributed by atoms with Gasteiger partial charge in [-0.25, -0.2) is 4.98 Å². The van der Waals surface area contributed by atoms with E-state index in [4.69, 9.17) is 4.74 Å². The van der Waals surface area contributed by atoms with Crippen LogP contribution in [0.4, 0.5) is 23.0 Å². The number of rotatable bonds is 11. The molecule has 8 heteroatoms. The zero-order valence-corrected chi connectivity index (χ0v) is 20.8. The van der Waals surface area contributed by atoms with Crippen LogP contribution in [0, 0.1) is 0 Å². The zero-order chi connectivity index (χ0) is 24.6. The number of nitrogens with zero attached hydrogens (tertiary/aromatic N) is 3. The third-order valence-corrected chi connectivity index (χ3v) is 6.14. The Bertz CT molecular complexity index is 1300. The van der Waals surface area contributed by atoms with Crippen molar-refractivity contribution in [3.63, 3.8) is 0 Å². The molecule has 0 fully saturated rings. The van der Waals surface area contributed by atoms with Gasteiger partial charge in [0, 0.05) is 36.2 Å². The third kappa shape index (κ3) is 6.16. The average Bonchev–Trinajstić information content (AvgIpc) is 3.34. The monoisotopic (exact) mass is 487 g/mol. The van der Waals surface area contributed by atoms with Gasteiger partial charge < -0.3 is 20.3 Å². The van der Waals surface area contributed by atoms with Crippen molar-refractivity contribution in [1.82, 2.24) is 9.97 Å². The van der Waals surface area contributed by atoms with Crippen LogP contribution in [0.5, 0.6) is 11.6 Å². The van der Waals surface area contributed by atoms with Crippen molar-refractivity contribution >= 4 is 50.5 Å². The Balaban J connectivity index is 1.55. The van der Waals surface area contributed by atoms with E-state index in [1.807, 2.05) is 35.7 Å². The maximum atomic E-state index is 11.6. The van der Waals surface area contributed by atoms with Gasteiger partial charge in [-0.2, -0.15) is 4.98 Å². The first-order valence-corrected chi connectivity index (χ1v) is 12.6. The number of aromatic nitrogens is 2. The quantitative estimate of drug-likeness (QED) is 0.222. The third-order valence-electron chi connectivity index (χ3n) is 5.25. The molecule has 0 aliphatic rings. The highest BCUT2D eigenvalue weighted by molar-refractivity contribution is 7.17. The minimum absolute atomic E-state index is 0.283. The Morgan fingerprint density at radius 1 is 1.06 bits per heavy atom. The second-order valence-corrected chi connectivity index (χ2v) is 8.89. The summed E-state index contributed by atoms with van der Waals surface area (Å²) in [5, 5.41) is 8.00. The summed E-state index contributed by atoms with van der Waals surface area (Å²) in [4.78, 5) is 23.3. The van der Waals surface area contributed by atoms with Crippen LogP contribution in [0.3, 0.4) is 0 Å². The number of benzene rings is 2. The second kappa shape index (κ2) is 11.5. The number of carbonyl (C=O) groups excluding carboxylic acids is 1. The summed E-state index contributed by atoms with van der Waals surface area (Å²) >= 11 is 1.51. The normalized spacial score (nSPS) is 10.7. The number of carbonyl (C=O) groups is 1. The number of ether oxygens (including phenoxy) is 1. The average molecular weight is 488 g/mol. The highest BCUT2D eigenvalue weighted by Crippen LogP contribution is 2.34. The maximum absolute atomic E-state index is 11.6.